The van der Waals surface area contributed by atoms with E-state index in [1.807, 2.05) is 0 Å². The summed E-state index contributed by atoms with van der Waals surface area (Å²) >= 11 is 1.03. The quantitative estimate of drug-likeness (QED) is 0.650. The highest BCUT2D eigenvalue weighted by molar-refractivity contribution is 7.20. The molecule has 2 aromatic rings. The van der Waals surface area contributed by atoms with Gasteiger partial charge in [0.2, 0.25) is 0 Å². The van der Waals surface area contributed by atoms with Crippen LogP contribution in [0.1, 0.15) is 53.7 Å². The first-order valence-electron chi connectivity index (χ1n) is 9.53. The van der Waals surface area contributed by atoms with Gasteiger partial charge < -0.3 is 15.0 Å². The Morgan fingerprint density at radius 2 is 1.97 bits per heavy atom. The second-order valence-electron chi connectivity index (χ2n) is 7.35. The van der Waals surface area contributed by atoms with Gasteiger partial charge in [0.1, 0.15) is 15.5 Å². The zero-order valence-electron chi connectivity index (χ0n) is 16.6. The topological polar surface area (TPSA) is 130 Å². The minimum Gasteiger partial charge on any atom is -0.451 e. The molecule has 0 aliphatic heterocycles. The summed E-state index contributed by atoms with van der Waals surface area (Å²) < 4.78 is 5.02. The molecule has 0 saturated heterocycles. The second kappa shape index (κ2) is 8.73. The molecule has 10 heteroatoms. The van der Waals surface area contributed by atoms with Crippen molar-refractivity contribution in [2.45, 2.75) is 52.5 Å². The standard InChI is InChI=1S/C19H24N4O5S/c1-9-6-4-5-7-12(9)22-19(27)23-13(24)8-28-18(26)15-10(2)14-16(25)20-11(3)21-17(14)29-15/h9,12H,4-8H2,1-3H3,(H,20,21,25)(H2,22,23,24,27)/t9-,12+/m1/s1. The predicted octanol–water partition coefficient (Wildman–Crippen LogP) is 2.16. The maximum atomic E-state index is 12.3. The molecule has 0 radical (unpaired) electrons. The lowest BCUT2D eigenvalue weighted by Gasteiger charge is -2.29. The van der Waals surface area contributed by atoms with E-state index in [1.54, 1.807) is 13.8 Å². The molecule has 9 nitrogen and oxygen atoms in total. The van der Waals surface area contributed by atoms with Crippen molar-refractivity contribution in [3.05, 3.63) is 26.6 Å². The molecule has 0 aromatic carbocycles. The number of nitrogens with zero attached hydrogens (tertiary/aromatic N) is 1. The molecule has 156 valence electrons. The molecule has 0 bridgehead atoms. The molecule has 3 N–H and O–H groups in total. The van der Waals surface area contributed by atoms with E-state index in [1.165, 1.54) is 0 Å². The highest BCUT2D eigenvalue weighted by Crippen LogP contribution is 2.27. The third-order valence-electron chi connectivity index (χ3n) is 5.12. The first-order valence-corrected chi connectivity index (χ1v) is 10.4. The van der Waals surface area contributed by atoms with Crippen LogP contribution in [0.2, 0.25) is 0 Å². The van der Waals surface area contributed by atoms with Gasteiger partial charge in [0.05, 0.1) is 5.39 Å². The number of amides is 3. The summed E-state index contributed by atoms with van der Waals surface area (Å²) in [4.78, 5) is 55.8. The van der Waals surface area contributed by atoms with Crippen LogP contribution in [0.3, 0.4) is 0 Å². The first-order chi connectivity index (χ1) is 13.8. The Hall–Kier alpha value is -2.75. The van der Waals surface area contributed by atoms with Gasteiger partial charge in [-0.2, -0.15) is 0 Å². The zero-order chi connectivity index (χ0) is 21.1. The lowest BCUT2D eigenvalue weighted by atomic mass is 9.86. The summed E-state index contributed by atoms with van der Waals surface area (Å²) in [6.07, 6.45) is 4.12. The van der Waals surface area contributed by atoms with Gasteiger partial charge in [-0.05, 0) is 38.2 Å². The number of urea groups is 1. The van der Waals surface area contributed by atoms with Crippen molar-refractivity contribution >= 4 is 39.5 Å². The van der Waals surface area contributed by atoms with Gasteiger partial charge in [-0.25, -0.2) is 14.6 Å². The number of imide groups is 1. The van der Waals surface area contributed by atoms with Crippen LogP contribution in [0.15, 0.2) is 4.79 Å². The van der Waals surface area contributed by atoms with E-state index in [-0.39, 0.29) is 16.5 Å². The summed E-state index contributed by atoms with van der Waals surface area (Å²) in [6.45, 7) is 4.75. The fourth-order valence-corrected chi connectivity index (χ4v) is 4.66. The Balaban J connectivity index is 1.56. The van der Waals surface area contributed by atoms with Gasteiger partial charge in [0.15, 0.2) is 6.61 Å². The Bertz CT molecular complexity index is 1010. The Morgan fingerprint density at radius 3 is 2.69 bits per heavy atom. The second-order valence-corrected chi connectivity index (χ2v) is 8.35. The normalized spacial score (nSPS) is 19.0. The maximum absolute atomic E-state index is 12.3. The molecule has 2 heterocycles. The number of aromatic nitrogens is 2. The van der Waals surface area contributed by atoms with E-state index in [4.69, 9.17) is 4.74 Å². The monoisotopic (exact) mass is 420 g/mol. The average molecular weight is 420 g/mol. The lowest BCUT2D eigenvalue weighted by Crippen LogP contribution is -2.48. The summed E-state index contributed by atoms with van der Waals surface area (Å²) in [6, 6.07) is -0.552. The zero-order valence-corrected chi connectivity index (χ0v) is 17.4. The molecular formula is C19H24N4O5S. The van der Waals surface area contributed by atoms with Gasteiger partial charge in [0.25, 0.3) is 11.5 Å². The van der Waals surface area contributed by atoms with Gasteiger partial charge in [-0.15, -0.1) is 11.3 Å². The Kier molecular flexibility index (Phi) is 6.31. The largest absolute Gasteiger partial charge is 0.451 e. The number of esters is 1. The Labute approximate surface area is 171 Å². The average Bonchev–Trinajstić information content (AvgIpc) is 2.98. The van der Waals surface area contributed by atoms with Crippen molar-refractivity contribution in [3.8, 4) is 0 Å². The molecule has 2 aromatic heterocycles. The minimum absolute atomic E-state index is 0.0364. The van der Waals surface area contributed by atoms with Crippen LogP contribution in [-0.4, -0.2) is 40.5 Å². The van der Waals surface area contributed by atoms with Crippen LogP contribution >= 0.6 is 11.3 Å². The van der Waals surface area contributed by atoms with E-state index >= 15 is 0 Å². The van der Waals surface area contributed by atoms with Crippen molar-refractivity contribution in [1.29, 1.82) is 0 Å². The number of H-pyrrole nitrogens is 1. The highest BCUT2D eigenvalue weighted by atomic mass is 32.1. The Morgan fingerprint density at radius 1 is 1.24 bits per heavy atom. The number of hydrogen-bond acceptors (Lipinski definition) is 7. The maximum Gasteiger partial charge on any atom is 0.349 e. The summed E-state index contributed by atoms with van der Waals surface area (Å²) in [5, 5.41) is 5.32. The number of carbonyl (C=O) groups is 3. The van der Waals surface area contributed by atoms with Gasteiger partial charge in [-0.1, -0.05) is 19.8 Å². The fourth-order valence-electron chi connectivity index (χ4n) is 3.54. The third-order valence-corrected chi connectivity index (χ3v) is 6.29. The molecule has 0 spiro atoms. The number of thiophene rings is 1. The van der Waals surface area contributed by atoms with Crippen molar-refractivity contribution < 1.29 is 19.1 Å². The van der Waals surface area contributed by atoms with Crippen molar-refractivity contribution in [1.82, 2.24) is 20.6 Å². The summed E-state index contributed by atoms with van der Waals surface area (Å²) in [7, 11) is 0. The van der Waals surface area contributed by atoms with Crippen molar-refractivity contribution in [3.63, 3.8) is 0 Å². The van der Waals surface area contributed by atoms with Crippen LogP contribution < -0.4 is 16.2 Å². The molecule has 29 heavy (non-hydrogen) atoms. The molecule has 1 saturated carbocycles. The predicted molar refractivity (Wildman–Crippen MR) is 108 cm³/mol. The number of ether oxygens (including phenoxy) is 1. The van der Waals surface area contributed by atoms with E-state index in [0.717, 1.165) is 37.0 Å². The fraction of sp³-hybridized carbons (Fsp3) is 0.526. The van der Waals surface area contributed by atoms with Gasteiger partial charge in [-0.3, -0.25) is 14.9 Å². The van der Waals surface area contributed by atoms with Crippen LogP contribution in [0, 0.1) is 19.8 Å². The van der Waals surface area contributed by atoms with Crippen molar-refractivity contribution in [2.75, 3.05) is 6.61 Å². The van der Waals surface area contributed by atoms with E-state index in [0.29, 0.717) is 27.5 Å². The van der Waals surface area contributed by atoms with E-state index < -0.39 is 24.5 Å². The molecule has 2 atom stereocenters. The third kappa shape index (κ3) is 4.81. The number of rotatable bonds is 4. The van der Waals surface area contributed by atoms with E-state index in [9.17, 15) is 19.2 Å². The van der Waals surface area contributed by atoms with Gasteiger partial charge >= 0.3 is 12.0 Å². The van der Waals surface area contributed by atoms with Gasteiger partial charge in [0, 0.05) is 6.04 Å². The molecule has 1 aliphatic carbocycles. The lowest BCUT2D eigenvalue weighted by molar-refractivity contribution is -0.123. The highest BCUT2D eigenvalue weighted by Gasteiger charge is 2.24. The molecular weight excluding hydrogens is 396 g/mol. The summed E-state index contributed by atoms with van der Waals surface area (Å²) in [5.41, 5.74) is 0.125. The molecule has 3 amide bonds. The van der Waals surface area contributed by atoms with Crippen LogP contribution in [0.25, 0.3) is 10.2 Å². The number of aryl methyl sites for hydroxylation is 2. The number of hydrogen-bond donors (Lipinski definition) is 3. The number of aromatic amines is 1. The first kappa shape index (κ1) is 21.0. The molecule has 1 fully saturated rings. The minimum atomic E-state index is -0.737. The molecule has 3 rings (SSSR count). The van der Waals surface area contributed by atoms with E-state index in [2.05, 4.69) is 27.5 Å². The summed E-state index contributed by atoms with van der Waals surface area (Å²) in [5.74, 6) is -0.649. The number of nitrogens with one attached hydrogen (secondary N) is 3. The van der Waals surface area contributed by atoms with Crippen LogP contribution in [0.4, 0.5) is 4.79 Å². The van der Waals surface area contributed by atoms with Crippen LogP contribution in [-0.2, 0) is 9.53 Å². The SMILES string of the molecule is Cc1nc2sc(C(=O)OCC(=O)NC(=O)N[C@H]3CCCC[C@H]3C)c(C)c2c(=O)[nH]1. The number of carbonyl (C=O) groups excluding carboxylic acids is 3. The van der Waals surface area contributed by atoms with Crippen molar-refractivity contribution in [2.24, 2.45) is 5.92 Å². The number of fused-ring (bicyclic) bond motifs is 1. The molecule has 1 aliphatic rings. The van der Waals surface area contributed by atoms with Crippen LogP contribution in [0.5, 0.6) is 0 Å². The molecule has 0 unspecified atom stereocenters. The smallest absolute Gasteiger partial charge is 0.349 e.